The summed E-state index contributed by atoms with van der Waals surface area (Å²) in [5.41, 5.74) is 2.06. The van der Waals surface area contributed by atoms with Gasteiger partial charge in [-0.05, 0) is 11.1 Å². The zero-order valence-electron chi connectivity index (χ0n) is 14.5. The Kier molecular flexibility index (Phi) is 4.05. The number of hydrogen-bond donors (Lipinski definition) is 0. The number of hydrogen-bond acceptors (Lipinski definition) is 2. The molecule has 0 radical (unpaired) electrons. The summed E-state index contributed by atoms with van der Waals surface area (Å²) in [7, 11) is 1.86. The van der Waals surface area contributed by atoms with E-state index in [9.17, 15) is 9.59 Å². The zero-order chi connectivity index (χ0) is 18.1. The van der Waals surface area contributed by atoms with Crippen LogP contribution in [0.15, 0.2) is 82.6 Å². The molecule has 130 valence electrons. The number of benzene rings is 2. The van der Waals surface area contributed by atoms with Crippen LogP contribution < -0.4 is 11.2 Å². The summed E-state index contributed by atoms with van der Waals surface area (Å²) in [5, 5.41) is 0.555. The largest absolute Gasteiger partial charge is 0.354 e. The summed E-state index contributed by atoms with van der Waals surface area (Å²) in [6.45, 7) is 0.688. The molecule has 0 amide bonds. The first-order valence-corrected chi connectivity index (χ1v) is 8.50. The van der Waals surface area contributed by atoms with E-state index < -0.39 is 0 Å². The van der Waals surface area contributed by atoms with Crippen molar-refractivity contribution in [2.75, 3.05) is 0 Å². The maximum Gasteiger partial charge on any atom is 0.332 e. The molecule has 0 aliphatic rings. The fraction of sp³-hybridized carbons (Fsp3) is 0.143. The molecule has 2 aromatic carbocycles. The van der Waals surface area contributed by atoms with Crippen molar-refractivity contribution in [3.05, 3.63) is 105 Å². The molecular formula is C21H19N3O2. The number of nitrogens with zero attached hydrogens (tertiary/aromatic N) is 3. The van der Waals surface area contributed by atoms with Crippen LogP contribution in [0.1, 0.15) is 11.1 Å². The van der Waals surface area contributed by atoms with Gasteiger partial charge in [-0.1, -0.05) is 60.7 Å². The third kappa shape index (κ3) is 2.88. The maximum absolute atomic E-state index is 13.1. The maximum atomic E-state index is 13.1. The molecule has 0 atom stereocenters. The van der Waals surface area contributed by atoms with E-state index in [1.165, 1.54) is 4.57 Å². The molecule has 5 heteroatoms. The van der Waals surface area contributed by atoms with E-state index in [0.29, 0.717) is 17.4 Å². The first-order chi connectivity index (χ1) is 12.6. The average Bonchev–Trinajstić information content (AvgIpc) is 3.06. The van der Waals surface area contributed by atoms with Gasteiger partial charge in [0.2, 0.25) is 0 Å². The predicted molar refractivity (Wildman–Crippen MR) is 103 cm³/mol. The minimum absolute atomic E-state index is 0.251. The number of rotatable bonds is 4. The Hall–Kier alpha value is -3.34. The van der Waals surface area contributed by atoms with Crippen LogP contribution in [0.3, 0.4) is 0 Å². The molecule has 2 heterocycles. The minimum Gasteiger partial charge on any atom is -0.354 e. The second kappa shape index (κ2) is 6.52. The summed E-state index contributed by atoms with van der Waals surface area (Å²) in [6.07, 6.45) is 3.61. The molecule has 0 fully saturated rings. The van der Waals surface area contributed by atoms with Crippen LogP contribution in [0.4, 0.5) is 0 Å². The summed E-state index contributed by atoms with van der Waals surface area (Å²) >= 11 is 0. The lowest BCUT2D eigenvalue weighted by molar-refractivity contribution is 0.635. The number of aryl methyl sites for hydroxylation is 1. The normalized spacial score (nSPS) is 11.1. The highest BCUT2D eigenvalue weighted by Crippen LogP contribution is 2.12. The molecule has 0 aliphatic heterocycles. The van der Waals surface area contributed by atoms with Crippen LogP contribution in [-0.2, 0) is 20.1 Å². The van der Waals surface area contributed by atoms with Crippen LogP contribution >= 0.6 is 0 Å². The van der Waals surface area contributed by atoms with Crippen molar-refractivity contribution < 1.29 is 0 Å². The van der Waals surface area contributed by atoms with Crippen molar-refractivity contribution in [2.24, 2.45) is 7.05 Å². The highest BCUT2D eigenvalue weighted by molar-refractivity contribution is 5.77. The Morgan fingerprint density at radius 1 is 0.731 bits per heavy atom. The van der Waals surface area contributed by atoms with Gasteiger partial charge in [-0.15, -0.1) is 0 Å². The van der Waals surface area contributed by atoms with Gasteiger partial charge in [0.05, 0.1) is 24.0 Å². The Labute approximate surface area is 150 Å². The van der Waals surface area contributed by atoms with Crippen molar-refractivity contribution in [3.8, 4) is 0 Å². The molecule has 2 aromatic heterocycles. The minimum atomic E-state index is -0.290. The Balaban J connectivity index is 1.92. The number of fused-ring (bicyclic) bond motifs is 1. The lowest BCUT2D eigenvalue weighted by Gasteiger charge is -2.12. The first kappa shape index (κ1) is 16.1. The Bertz CT molecular complexity index is 1170. The van der Waals surface area contributed by atoms with Crippen molar-refractivity contribution >= 4 is 10.9 Å². The second-order valence-electron chi connectivity index (χ2n) is 6.45. The standard InChI is InChI=1S/C21H19N3O2/c1-22-14-18-19(15-22)23(12-16-8-4-2-5-9-16)21(26)24(20(18)25)13-17-10-6-3-7-11-17/h2-11,14-15H,12-13H2,1H3. The van der Waals surface area contributed by atoms with E-state index in [-0.39, 0.29) is 17.8 Å². The summed E-state index contributed by atoms with van der Waals surface area (Å²) in [4.78, 5) is 26.0. The van der Waals surface area contributed by atoms with E-state index in [2.05, 4.69) is 0 Å². The molecule has 0 N–H and O–H groups in total. The molecule has 5 nitrogen and oxygen atoms in total. The highest BCUT2D eigenvalue weighted by atomic mass is 16.2. The second-order valence-corrected chi connectivity index (χ2v) is 6.45. The number of aromatic nitrogens is 3. The lowest BCUT2D eigenvalue weighted by Crippen LogP contribution is -2.40. The van der Waals surface area contributed by atoms with E-state index in [1.807, 2.05) is 78.5 Å². The molecule has 0 saturated heterocycles. The van der Waals surface area contributed by atoms with Crippen LogP contribution in [0, 0.1) is 0 Å². The molecule has 4 aromatic rings. The molecule has 0 unspecified atom stereocenters. The third-order valence-electron chi connectivity index (χ3n) is 4.53. The van der Waals surface area contributed by atoms with Gasteiger partial charge in [0, 0.05) is 19.4 Å². The monoisotopic (exact) mass is 345 g/mol. The lowest BCUT2D eigenvalue weighted by atomic mass is 10.2. The Morgan fingerprint density at radius 3 is 1.85 bits per heavy atom. The zero-order valence-corrected chi connectivity index (χ0v) is 14.5. The summed E-state index contributed by atoms with van der Waals surface area (Å²) < 4.78 is 4.81. The summed E-state index contributed by atoms with van der Waals surface area (Å²) in [5.74, 6) is 0. The van der Waals surface area contributed by atoms with Gasteiger partial charge in [0.25, 0.3) is 5.56 Å². The van der Waals surface area contributed by atoms with Crippen molar-refractivity contribution in [1.82, 2.24) is 13.7 Å². The van der Waals surface area contributed by atoms with Gasteiger partial charge in [0.15, 0.2) is 0 Å². The van der Waals surface area contributed by atoms with E-state index in [4.69, 9.17) is 0 Å². The van der Waals surface area contributed by atoms with Crippen LogP contribution in [0.5, 0.6) is 0 Å². The molecule has 0 saturated carbocycles. The summed E-state index contributed by atoms with van der Waals surface area (Å²) in [6, 6.07) is 19.4. The molecular weight excluding hydrogens is 326 g/mol. The van der Waals surface area contributed by atoms with Crippen LogP contribution in [-0.4, -0.2) is 13.7 Å². The van der Waals surface area contributed by atoms with E-state index in [1.54, 1.807) is 10.8 Å². The first-order valence-electron chi connectivity index (χ1n) is 8.50. The molecule has 26 heavy (non-hydrogen) atoms. The molecule has 0 aliphatic carbocycles. The quantitative estimate of drug-likeness (QED) is 0.571. The van der Waals surface area contributed by atoms with Crippen molar-refractivity contribution in [3.63, 3.8) is 0 Å². The van der Waals surface area contributed by atoms with Crippen LogP contribution in [0.25, 0.3) is 10.9 Å². The SMILES string of the molecule is Cn1cc2c(=O)n(Cc3ccccc3)c(=O)n(Cc3ccccc3)c2c1. The van der Waals surface area contributed by atoms with E-state index >= 15 is 0 Å². The predicted octanol–water partition coefficient (Wildman–Crippen LogP) is 2.60. The van der Waals surface area contributed by atoms with Gasteiger partial charge in [0.1, 0.15) is 0 Å². The van der Waals surface area contributed by atoms with Gasteiger partial charge in [-0.3, -0.25) is 13.9 Å². The van der Waals surface area contributed by atoms with Gasteiger partial charge >= 0.3 is 5.69 Å². The van der Waals surface area contributed by atoms with E-state index in [0.717, 1.165) is 11.1 Å². The third-order valence-corrected chi connectivity index (χ3v) is 4.53. The van der Waals surface area contributed by atoms with Crippen molar-refractivity contribution in [2.45, 2.75) is 13.1 Å². The highest BCUT2D eigenvalue weighted by Gasteiger charge is 2.15. The van der Waals surface area contributed by atoms with Gasteiger partial charge in [-0.2, -0.15) is 0 Å². The van der Waals surface area contributed by atoms with Gasteiger partial charge in [-0.25, -0.2) is 4.79 Å². The Morgan fingerprint density at radius 2 is 1.27 bits per heavy atom. The topological polar surface area (TPSA) is 48.9 Å². The van der Waals surface area contributed by atoms with Gasteiger partial charge < -0.3 is 4.57 Å². The molecule has 0 spiro atoms. The fourth-order valence-corrected chi connectivity index (χ4v) is 3.25. The van der Waals surface area contributed by atoms with Crippen LogP contribution in [0.2, 0.25) is 0 Å². The smallest absolute Gasteiger partial charge is 0.332 e. The molecule has 4 rings (SSSR count). The average molecular weight is 345 g/mol. The fourth-order valence-electron chi connectivity index (χ4n) is 3.25. The van der Waals surface area contributed by atoms with Crippen molar-refractivity contribution in [1.29, 1.82) is 0 Å². The molecule has 0 bridgehead atoms.